The summed E-state index contributed by atoms with van der Waals surface area (Å²) in [7, 11) is -3.45. The Hall–Kier alpha value is -2.34. The van der Waals surface area contributed by atoms with Crippen LogP contribution < -0.4 is 9.62 Å². The Labute approximate surface area is 162 Å². The van der Waals surface area contributed by atoms with E-state index in [4.69, 9.17) is 0 Å². The van der Waals surface area contributed by atoms with Crippen LogP contribution in [0.1, 0.15) is 46.8 Å². The summed E-state index contributed by atoms with van der Waals surface area (Å²) in [5, 5.41) is 2.88. The molecule has 0 fully saturated rings. The Bertz CT molecular complexity index is 870. The van der Waals surface area contributed by atoms with Crippen molar-refractivity contribution in [3.63, 3.8) is 0 Å². The highest BCUT2D eigenvalue weighted by Gasteiger charge is 2.21. The maximum absolute atomic E-state index is 12.4. The van der Waals surface area contributed by atoms with Gasteiger partial charge < -0.3 is 5.32 Å². The molecule has 0 aliphatic carbocycles. The fourth-order valence-corrected chi connectivity index (χ4v) is 3.97. The standard InChI is InChI=1S/C21H28N2O3S/c1-5-6-14-22-21(24)19-12-10-18(11-13-19)15-23(27(4,25)26)20-16(2)8-7-9-17(20)3/h7-13H,5-6,14-15H2,1-4H3,(H,22,24). The van der Waals surface area contributed by atoms with Crippen molar-refractivity contribution in [1.82, 2.24) is 5.32 Å². The lowest BCUT2D eigenvalue weighted by molar-refractivity contribution is 0.0953. The minimum atomic E-state index is -3.45. The highest BCUT2D eigenvalue weighted by atomic mass is 32.2. The van der Waals surface area contributed by atoms with Crippen LogP contribution in [0.5, 0.6) is 0 Å². The van der Waals surface area contributed by atoms with Crippen LogP contribution in [0.3, 0.4) is 0 Å². The Morgan fingerprint density at radius 2 is 1.63 bits per heavy atom. The van der Waals surface area contributed by atoms with Crippen molar-refractivity contribution in [3.8, 4) is 0 Å². The largest absolute Gasteiger partial charge is 0.352 e. The summed E-state index contributed by atoms with van der Waals surface area (Å²) in [4.78, 5) is 12.1. The molecule has 0 unspecified atom stereocenters. The van der Waals surface area contributed by atoms with Gasteiger partial charge in [0, 0.05) is 12.1 Å². The zero-order valence-corrected chi connectivity index (χ0v) is 17.3. The summed E-state index contributed by atoms with van der Waals surface area (Å²) in [6.07, 6.45) is 3.19. The maximum Gasteiger partial charge on any atom is 0.251 e. The number of amides is 1. The Kier molecular flexibility index (Phi) is 7.02. The number of sulfonamides is 1. The molecule has 2 rings (SSSR count). The number of anilines is 1. The number of hydrogen-bond acceptors (Lipinski definition) is 3. The third kappa shape index (κ3) is 5.57. The van der Waals surface area contributed by atoms with Crippen LogP contribution in [0.4, 0.5) is 5.69 Å². The summed E-state index contributed by atoms with van der Waals surface area (Å²) >= 11 is 0. The van der Waals surface area contributed by atoms with Crippen molar-refractivity contribution < 1.29 is 13.2 Å². The minimum absolute atomic E-state index is 0.107. The van der Waals surface area contributed by atoms with Gasteiger partial charge in [0.1, 0.15) is 0 Å². The summed E-state index contributed by atoms with van der Waals surface area (Å²) in [5.74, 6) is -0.107. The quantitative estimate of drug-likeness (QED) is 0.700. The molecule has 0 heterocycles. The zero-order chi connectivity index (χ0) is 20.0. The molecule has 1 N–H and O–H groups in total. The highest BCUT2D eigenvalue weighted by molar-refractivity contribution is 7.92. The maximum atomic E-state index is 12.4. The van der Waals surface area contributed by atoms with Gasteiger partial charge in [-0.2, -0.15) is 0 Å². The second-order valence-electron chi connectivity index (χ2n) is 6.82. The highest BCUT2D eigenvalue weighted by Crippen LogP contribution is 2.28. The van der Waals surface area contributed by atoms with Crippen LogP contribution in [0.2, 0.25) is 0 Å². The van der Waals surface area contributed by atoms with Crippen LogP contribution in [-0.4, -0.2) is 27.1 Å². The van der Waals surface area contributed by atoms with E-state index in [0.29, 0.717) is 17.8 Å². The molecule has 0 bridgehead atoms. The number of benzene rings is 2. The lowest BCUT2D eigenvalue weighted by Gasteiger charge is -2.26. The molecule has 0 atom stereocenters. The molecule has 0 saturated carbocycles. The fourth-order valence-electron chi connectivity index (χ4n) is 2.97. The van der Waals surface area contributed by atoms with E-state index in [1.165, 1.54) is 10.6 Å². The van der Waals surface area contributed by atoms with Crippen molar-refractivity contribution in [2.75, 3.05) is 17.1 Å². The lowest BCUT2D eigenvalue weighted by atomic mass is 10.1. The van der Waals surface area contributed by atoms with E-state index in [9.17, 15) is 13.2 Å². The molecule has 0 aliphatic heterocycles. The number of para-hydroxylation sites is 1. The van der Waals surface area contributed by atoms with Crippen LogP contribution in [0.25, 0.3) is 0 Å². The monoisotopic (exact) mass is 388 g/mol. The molecule has 6 heteroatoms. The van der Waals surface area contributed by atoms with Gasteiger partial charge in [-0.3, -0.25) is 9.10 Å². The molecule has 0 radical (unpaired) electrons. The predicted molar refractivity (Wildman–Crippen MR) is 111 cm³/mol. The van der Waals surface area contributed by atoms with Gasteiger partial charge in [0.2, 0.25) is 10.0 Å². The smallest absolute Gasteiger partial charge is 0.251 e. The Morgan fingerprint density at radius 3 is 2.15 bits per heavy atom. The van der Waals surface area contributed by atoms with E-state index < -0.39 is 10.0 Å². The lowest BCUT2D eigenvalue weighted by Crippen LogP contribution is -2.30. The number of rotatable bonds is 8. The van der Waals surface area contributed by atoms with E-state index in [1.807, 2.05) is 32.0 Å². The number of carbonyl (C=O) groups is 1. The van der Waals surface area contributed by atoms with Crippen molar-refractivity contribution in [2.45, 2.75) is 40.2 Å². The van der Waals surface area contributed by atoms with Gasteiger partial charge in [-0.05, 0) is 49.1 Å². The van der Waals surface area contributed by atoms with Gasteiger partial charge in [0.05, 0.1) is 18.5 Å². The number of carbonyl (C=O) groups excluding carboxylic acids is 1. The second-order valence-corrected chi connectivity index (χ2v) is 8.72. The van der Waals surface area contributed by atoms with Crippen molar-refractivity contribution >= 4 is 21.6 Å². The number of unbranched alkanes of at least 4 members (excludes halogenated alkanes) is 1. The molecule has 27 heavy (non-hydrogen) atoms. The first-order valence-corrected chi connectivity index (χ1v) is 11.0. The number of nitrogens with one attached hydrogen (secondary N) is 1. The van der Waals surface area contributed by atoms with E-state index in [2.05, 4.69) is 12.2 Å². The minimum Gasteiger partial charge on any atom is -0.352 e. The number of nitrogens with zero attached hydrogens (tertiary/aromatic N) is 1. The molecule has 1 amide bonds. The van der Waals surface area contributed by atoms with Gasteiger partial charge in [-0.15, -0.1) is 0 Å². The molecule has 0 saturated heterocycles. The van der Waals surface area contributed by atoms with E-state index in [0.717, 1.165) is 29.5 Å². The van der Waals surface area contributed by atoms with Crippen LogP contribution >= 0.6 is 0 Å². The van der Waals surface area contributed by atoms with E-state index in [-0.39, 0.29) is 12.5 Å². The molecule has 0 aromatic heterocycles. The fraction of sp³-hybridized carbons (Fsp3) is 0.381. The van der Waals surface area contributed by atoms with Gasteiger partial charge in [-0.25, -0.2) is 8.42 Å². The topological polar surface area (TPSA) is 66.5 Å². The summed E-state index contributed by atoms with van der Waals surface area (Å²) in [6.45, 7) is 6.77. The molecular formula is C21H28N2O3S. The molecule has 0 spiro atoms. The normalized spacial score (nSPS) is 11.3. The molecule has 5 nitrogen and oxygen atoms in total. The van der Waals surface area contributed by atoms with Crippen LogP contribution in [-0.2, 0) is 16.6 Å². The molecular weight excluding hydrogens is 360 g/mol. The first-order chi connectivity index (χ1) is 12.7. The Morgan fingerprint density at radius 1 is 1.04 bits per heavy atom. The summed E-state index contributed by atoms with van der Waals surface area (Å²) in [5.41, 5.74) is 3.93. The zero-order valence-electron chi connectivity index (χ0n) is 16.5. The predicted octanol–water partition coefficient (Wildman–Crippen LogP) is 3.80. The van der Waals surface area contributed by atoms with Crippen LogP contribution in [0, 0.1) is 13.8 Å². The SMILES string of the molecule is CCCCNC(=O)c1ccc(CN(c2c(C)cccc2C)S(C)(=O)=O)cc1. The molecule has 146 valence electrons. The van der Waals surface area contributed by atoms with Gasteiger partial charge in [-0.1, -0.05) is 43.7 Å². The van der Waals surface area contributed by atoms with E-state index in [1.54, 1.807) is 24.3 Å². The third-order valence-corrected chi connectivity index (χ3v) is 5.56. The molecule has 2 aromatic rings. The molecule has 0 aliphatic rings. The summed E-state index contributed by atoms with van der Waals surface area (Å²) < 4.78 is 26.3. The van der Waals surface area contributed by atoms with Crippen molar-refractivity contribution in [1.29, 1.82) is 0 Å². The average Bonchev–Trinajstić information content (AvgIpc) is 2.60. The van der Waals surface area contributed by atoms with Crippen molar-refractivity contribution in [2.24, 2.45) is 0 Å². The van der Waals surface area contributed by atoms with Gasteiger partial charge in [0.25, 0.3) is 5.91 Å². The molecule has 2 aromatic carbocycles. The first kappa shape index (κ1) is 21.0. The first-order valence-electron chi connectivity index (χ1n) is 9.15. The van der Waals surface area contributed by atoms with Gasteiger partial charge >= 0.3 is 0 Å². The average molecular weight is 389 g/mol. The third-order valence-electron chi connectivity index (χ3n) is 4.45. The summed E-state index contributed by atoms with van der Waals surface area (Å²) in [6, 6.07) is 12.8. The number of aryl methyl sites for hydroxylation is 2. The van der Waals surface area contributed by atoms with Gasteiger partial charge in [0.15, 0.2) is 0 Å². The number of hydrogen-bond donors (Lipinski definition) is 1. The second kappa shape index (κ2) is 9.04. The van der Waals surface area contributed by atoms with E-state index >= 15 is 0 Å². The Balaban J connectivity index is 2.23. The van der Waals surface area contributed by atoms with Crippen LogP contribution in [0.15, 0.2) is 42.5 Å². The van der Waals surface area contributed by atoms with Crippen molar-refractivity contribution in [3.05, 3.63) is 64.7 Å².